The maximum absolute atomic E-state index is 12.6. The Kier molecular flexibility index (Phi) is 2.92. The third-order valence-electron chi connectivity index (χ3n) is 3.24. The minimum Gasteiger partial charge on any atom is -0.299 e. The quantitative estimate of drug-likeness (QED) is 0.807. The van der Waals surface area contributed by atoms with Gasteiger partial charge in [0.25, 0.3) is 0 Å². The highest BCUT2D eigenvalue weighted by atomic mass is 19.4. The van der Waals surface area contributed by atoms with Crippen LogP contribution in [0, 0.1) is 5.92 Å². The zero-order chi connectivity index (χ0) is 11.8. The van der Waals surface area contributed by atoms with Crippen LogP contribution in [0.2, 0.25) is 0 Å². The number of H-pyrrole nitrogens is 1. The number of hydrogen-bond donors (Lipinski definition) is 1. The first-order valence-corrected chi connectivity index (χ1v) is 5.24. The summed E-state index contributed by atoms with van der Waals surface area (Å²) in [4.78, 5) is 1.95. The Labute approximate surface area is 91.6 Å². The summed E-state index contributed by atoms with van der Waals surface area (Å²) in [5.41, 5.74) is 0.830. The van der Waals surface area contributed by atoms with E-state index in [9.17, 15) is 13.2 Å². The van der Waals surface area contributed by atoms with E-state index in [1.165, 1.54) is 0 Å². The lowest BCUT2D eigenvalue weighted by Crippen LogP contribution is -2.39. The topological polar surface area (TPSA) is 31.9 Å². The smallest absolute Gasteiger partial charge is 0.299 e. The van der Waals surface area contributed by atoms with Gasteiger partial charge in [-0.05, 0) is 26.4 Å². The van der Waals surface area contributed by atoms with Crippen LogP contribution in [-0.4, -0.2) is 34.9 Å². The maximum Gasteiger partial charge on any atom is 0.391 e. The van der Waals surface area contributed by atoms with E-state index in [1.54, 1.807) is 12.4 Å². The highest BCUT2D eigenvalue weighted by Gasteiger charge is 2.43. The minimum absolute atomic E-state index is 0.125. The number of rotatable bonds is 1. The maximum atomic E-state index is 12.6. The molecule has 1 aliphatic heterocycles. The third kappa shape index (κ3) is 2.21. The second kappa shape index (κ2) is 4.08. The van der Waals surface area contributed by atoms with Gasteiger partial charge in [0.05, 0.1) is 12.1 Å². The van der Waals surface area contributed by atoms with Gasteiger partial charge in [0.15, 0.2) is 0 Å². The molecular formula is C10H14F3N3. The van der Waals surface area contributed by atoms with E-state index in [-0.39, 0.29) is 18.9 Å². The van der Waals surface area contributed by atoms with Gasteiger partial charge in [-0.1, -0.05) is 0 Å². The number of aromatic amines is 1. The van der Waals surface area contributed by atoms with Crippen molar-refractivity contribution in [3.05, 3.63) is 18.0 Å². The first kappa shape index (κ1) is 11.4. The fraction of sp³-hybridized carbons (Fsp3) is 0.700. The fourth-order valence-corrected chi connectivity index (χ4v) is 2.21. The van der Waals surface area contributed by atoms with Crippen LogP contribution >= 0.6 is 0 Å². The number of nitrogens with one attached hydrogen (secondary N) is 1. The number of piperidine rings is 1. The first-order valence-electron chi connectivity index (χ1n) is 5.24. The Hall–Kier alpha value is -1.04. The average Bonchev–Trinajstić information content (AvgIpc) is 2.69. The van der Waals surface area contributed by atoms with Crippen molar-refractivity contribution in [2.75, 3.05) is 13.6 Å². The Balaban J connectivity index is 2.13. The van der Waals surface area contributed by atoms with Gasteiger partial charge in [0.2, 0.25) is 0 Å². The van der Waals surface area contributed by atoms with Crippen LogP contribution in [0.15, 0.2) is 12.4 Å². The molecule has 0 aromatic carbocycles. The highest BCUT2D eigenvalue weighted by Crippen LogP contribution is 2.41. The third-order valence-corrected chi connectivity index (χ3v) is 3.24. The normalized spacial score (nSPS) is 28.2. The molecule has 2 rings (SSSR count). The largest absolute Gasteiger partial charge is 0.391 e. The monoisotopic (exact) mass is 233 g/mol. The molecule has 6 heteroatoms. The molecule has 0 spiro atoms. The predicted octanol–water partition coefficient (Wildman–Crippen LogP) is 2.35. The molecular weight excluding hydrogens is 219 g/mol. The summed E-state index contributed by atoms with van der Waals surface area (Å²) in [5.74, 6) is -1.19. The molecule has 1 aliphatic rings. The van der Waals surface area contributed by atoms with Crippen LogP contribution in [0.4, 0.5) is 13.2 Å². The number of likely N-dealkylation sites (tertiary alicyclic amines) is 1. The van der Waals surface area contributed by atoms with Gasteiger partial charge in [-0.25, -0.2) is 0 Å². The molecule has 1 aromatic heterocycles. The Morgan fingerprint density at radius 2 is 2.25 bits per heavy atom. The van der Waals surface area contributed by atoms with Crippen molar-refractivity contribution in [1.29, 1.82) is 0 Å². The summed E-state index contributed by atoms with van der Waals surface area (Å²) in [6.07, 6.45) is -0.503. The molecule has 3 nitrogen and oxygen atoms in total. The van der Waals surface area contributed by atoms with E-state index in [0.29, 0.717) is 6.54 Å². The molecule has 2 heterocycles. The zero-order valence-electron chi connectivity index (χ0n) is 8.96. The summed E-state index contributed by atoms with van der Waals surface area (Å²) < 4.78 is 37.9. The summed E-state index contributed by atoms with van der Waals surface area (Å²) in [5, 5.41) is 6.43. The van der Waals surface area contributed by atoms with Gasteiger partial charge in [0.1, 0.15) is 0 Å². The molecule has 0 aliphatic carbocycles. The Morgan fingerprint density at radius 3 is 2.81 bits per heavy atom. The number of alkyl halides is 3. The molecule has 1 saturated heterocycles. The highest BCUT2D eigenvalue weighted by molar-refractivity contribution is 5.11. The number of halogens is 3. The van der Waals surface area contributed by atoms with Crippen molar-refractivity contribution in [2.24, 2.45) is 5.92 Å². The van der Waals surface area contributed by atoms with Gasteiger partial charge < -0.3 is 0 Å². The van der Waals surface area contributed by atoms with Crippen molar-refractivity contribution in [2.45, 2.75) is 25.1 Å². The minimum atomic E-state index is -4.08. The lowest BCUT2D eigenvalue weighted by atomic mass is 9.88. The van der Waals surface area contributed by atoms with E-state index in [1.807, 2.05) is 11.9 Å². The summed E-state index contributed by atoms with van der Waals surface area (Å²) in [6.45, 7) is 0.472. The van der Waals surface area contributed by atoms with Crippen LogP contribution in [-0.2, 0) is 0 Å². The SMILES string of the molecule is CN1CC[C@@H](C(F)(F)F)C[C@H]1c1cn[nH]c1. The standard InChI is InChI=1S/C10H14F3N3/c1-16-3-2-8(10(11,12)13)4-9(16)7-5-14-15-6-7/h5-6,8-9H,2-4H2,1H3,(H,14,15)/t8-,9+/m1/s1. The van der Waals surface area contributed by atoms with Gasteiger partial charge in [-0.15, -0.1) is 0 Å². The molecule has 90 valence electrons. The zero-order valence-corrected chi connectivity index (χ0v) is 8.96. The van der Waals surface area contributed by atoms with Crippen LogP contribution in [0.1, 0.15) is 24.4 Å². The Bertz CT molecular complexity index is 334. The molecule has 1 N–H and O–H groups in total. The molecule has 16 heavy (non-hydrogen) atoms. The van der Waals surface area contributed by atoms with E-state index in [2.05, 4.69) is 10.2 Å². The number of hydrogen-bond acceptors (Lipinski definition) is 2. The van der Waals surface area contributed by atoms with Crippen molar-refractivity contribution in [1.82, 2.24) is 15.1 Å². The van der Waals surface area contributed by atoms with Gasteiger partial charge in [0, 0.05) is 17.8 Å². The molecule has 0 saturated carbocycles. The second-order valence-corrected chi connectivity index (χ2v) is 4.29. The van der Waals surface area contributed by atoms with Crippen molar-refractivity contribution < 1.29 is 13.2 Å². The lowest BCUT2D eigenvalue weighted by molar-refractivity contribution is -0.189. The average molecular weight is 233 g/mol. The fourth-order valence-electron chi connectivity index (χ4n) is 2.21. The van der Waals surface area contributed by atoms with Gasteiger partial charge in [-0.3, -0.25) is 10.00 Å². The summed E-state index contributed by atoms with van der Waals surface area (Å²) in [6, 6.07) is -0.181. The van der Waals surface area contributed by atoms with E-state index in [0.717, 1.165) is 5.56 Å². The number of aromatic nitrogens is 2. The second-order valence-electron chi connectivity index (χ2n) is 4.29. The van der Waals surface area contributed by atoms with Crippen LogP contribution < -0.4 is 0 Å². The van der Waals surface area contributed by atoms with Gasteiger partial charge in [-0.2, -0.15) is 18.3 Å². The first-order chi connectivity index (χ1) is 7.48. The van der Waals surface area contributed by atoms with Crippen LogP contribution in [0.25, 0.3) is 0 Å². The summed E-state index contributed by atoms with van der Waals surface area (Å²) in [7, 11) is 1.85. The van der Waals surface area contributed by atoms with Crippen molar-refractivity contribution >= 4 is 0 Å². The molecule has 1 fully saturated rings. The van der Waals surface area contributed by atoms with Gasteiger partial charge >= 0.3 is 6.18 Å². The molecule has 0 amide bonds. The number of nitrogens with zero attached hydrogens (tertiary/aromatic N) is 2. The summed E-state index contributed by atoms with van der Waals surface area (Å²) >= 11 is 0. The molecule has 0 unspecified atom stereocenters. The van der Waals surface area contributed by atoms with E-state index in [4.69, 9.17) is 0 Å². The van der Waals surface area contributed by atoms with Crippen LogP contribution in [0.5, 0.6) is 0 Å². The molecule has 2 atom stereocenters. The molecule has 0 bridgehead atoms. The Morgan fingerprint density at radius 1 is 1.50 bits per heavy atom. The van der Waals surface area contributed by atoms with Crippen LogP contribution in [0.3, 0.4) is 0 Å². The van der Waals surface area contributed by atoms with Crippen molar-refractivity contribution in [3.63, 3.8) is 0 Å². The van der Waals surface area contributed by atoms with E-state index >= 15 is 0 Å². The molecule has 0 radical (unpaired) electrons. The molecule has 1 aromatic rings. The lowest BCUT2D eigenvalue weighted by Gasteiger charge is -2.37. The van der Waals surface area contributed by atoms with E-state index < -0.39 is 12.1 Å². The predicted molar refractivity (Wildman–Crippen MR) is 52.7 cm³/mol. The van der Waals surface area contributed by atoms with Crippen molar-refractivity contribution in [3.8, 4) is 0 Å².